The van der Waals surface area contributed by atoms with E-state index in [4.69, 9.17) is 22.2 Å². The Bertz CT molecular complexity index is 1060. The highest BCUT2D eigenvalue weighted by Gasteiger charge is 2.54. The van der Waals surface area contributed by atoms with E-state index in [1.807, 2.05) is 0 Å². The molecule has 1 aromatic rings. The lowest BCUT2D eigenvalue weighted by Crippen LogP contribution is -2.71. The number of alkyl halides is 1. The van der Waals surface area contributed by atoms with Gasteiger partial charge in [0.2, 0.25) is 17.1 Å². The summed E-state index contributed by atoms with van der Waals surface area (Å²) in [5.41, 5.74) is 3.49. The molecular weight excluding hydrogens is 488 g/mol. The van der Waals surface area contributed by atoms with Gasteiger partial charge in [-0.25, -0.2) is 9.59 Å². The average Bonchev–Trinajstić information content (AvgIpc) is 3.16. The number of nitrogens with one attached hydrogen (secondary N) is 1. The van der Waals surface area contributed by atoms with Crippen molar-refractivity contribution in [1.29, 1.82) is 0 Å². The molecule has 1 aromatic heterocycles. The maximum atomic E-state index is 12.9. The molecule has 172 valence electrons. The molecule has 1 unspecified atom stereocenters. The van der Waals surface area contributed by atoms with Crippen LogP contribution in [-0.4, -0.2) is 82.6 Å². The molecule has 2 aliphatic heterocycles. The summed E-state index contributed by atoms with van der Waals surface area (Å²) in [4.78, 5) is 58.3. The number of oxime groups is 1. The highest BCUT2D eigenvalue weighted by Crippen LogP contribution is 2.40. The molecule has 32 heavy (non-hydrogen) atoms. The van der Waals surface area contributed by atoms with Crippen LogP contribution in [-0.2, 0) is 24.0 Å². The van der Waals surface area contributed by atoms with Gasteiger partial charge in [-0.3, -0.25) is 14.5 Å². The van der Waals surface area contributed by atoms with Crippen LogP contribution in [0, 0.1) is 0 Å². The summed E-state index contributed by atoms with van der Waals surface area (Å²) in [5, 5.41) is 24.1. The average molecular weight is 505 g/mol. The van der Waals surface area contributed by atoms with Gasteiger partial charge in [-0.05, 0) is 19.4 Å². The number of nitrogen functional groups attached to an aromatic ring is 1. The molecule has 0 bridgehead atoms. The first-order chi connectivity index (χ1) is 15.0. The Morgan fingerprint density at radius 2 is 2.09 bits per heavy atom. The number of carbonyl (C=O) groups is 4. The van der Waals surface area contributed by atoms with Crippen molar-refractivity contribution < 1.29 is 34.2 Å². The number of halogens is 1. The largest absolute Gasteiger partial charge is 0.478 e. The molecule has 13 nitrogen and oxygen atoms in total. The van der Waals surface area contributed by atoms with E-state index in [2.05, 4.69) is 19.8 Å². The topological polar surface area (TPSA) is 197 Å². The Balaban J connectivity index is 1.83. The minimum Gasteiger partial charge on any atom is -0.478 e. The number of rotatable bonds is 8. The third-order valence-corrected chi connectivity index (χ3v) is 6.65. The van der Waals surface area contributed by atoms with Gasteiger partial charge in [0.15, 0.2) is 5.13 Å². The fourth-order valence-corrected chi connectivity index (χ4v) is 4.82. The maximum Gasteiger partial charge on any atom is 0.352 e. The van der Waals surface area contributed by atoms with E-state index < -0.39 is 46.5 Å². The number of amides is 2. The smallest absolute Gasteiger partial charge is 0.352 e. The van der Waals surface area contributed by atoms with Crippen molar-refractivity contribution in [2.45, 2.75) is 30.9 Å². The standard InChI is InChI=1S/C16H17ClN6O7S2/c1-16(2,14(28)29)30-21-6(9-20-15(18)32-22-9)10(24)19-7-11(25)23-8(13(26)27)5(3-17)4-31-12(7)23/h7,12H,3-4H2,1-2H3,(H,19,24)(H,26,27)(H,28,29)(H2,18,20,22)/b21-6-/t7-,12?/m1/s1. The molecule has 1 saturated heterocycles. The summed E-state index contributed by atoms with van der Waals surface area (Å²) in [5.74, 6) is -4.20. The molecule has 2 amide bonds. The van der Waals surface area contributed by atoms with Crippen molar-refractivity contribution in [3.63, 3.8) is 0 Å². The van der Waals surface area contributed by atoms with Crippen LogP contribution in [0.3, 0.4) is 0 Å². The van der Waals surface area contributed by atoms with Crippen LogP contribution in [0.5, 0.6) is 0 Å². The first-order valence-corrected chi connectivity index (χ1v) is 11.2. The van der Waals surface area contributed by atoms with Crippen molar-refractivity contribution >= 4 is 69.5 Å². The van der Waals surface area contributed by atoms with E-state index in [1.165, 1.54) is 25.6 Å². The Labute approximate surface area is 193 Å². The highest BCUT2D eigenvalue weighted by molar-refractivity contribution is 8.00. The van der Waals surface area contributed by atoms with Crippen LogP contribution in [0.15, 0.2) is 16.4 Å². The van der Waals surface area contributed by atoms with Gasteiger partial charge in [0, 0.05) is 23.2 Å². The number of hydrogen-bond donors (Lipinski definition) is 4. The molecule has 2 atom stereocenters. The minimum atomic E-state index is -1.77. The lowest BCUT2D eigenvalue weighted by molar-refractivity contribution is -0.161. The van der Waals surface area contributed by atoms with E-state index >= 15 is 0 Å². The first-order valence-electron chi connectivity index (χ1n) is 8.84. The third kappa shape index (κ3) is 4.35. The maximum absolute atomic E-state index is 12.9. The number of thioether (sulfide) groups is 1. The van der Waals surface area contributed by atoms with E-state index in [-0.39, 0.29) is 28.3 Å². The number of carbonyl (C=O) groups excluding carboxylic acids is 2. The number of carboxylic acid groups (broad SMARTS) is 2. The van der Waals surface area contributed by atoms with Gasteiger partial charge in [-0.1, -0.05) is 5.16 Å². The molecule has 3 heterocycles. The fraction of sp³-hybridized carbons (Fsp3) is 0.438. The lowest BCUT2D eigenvalue weighted by atomic mass is 10.0. The second-order valence-electron chi connectivity index (χ2n) is 7.05. The Kier molecular flexibility index (Phi) is 6.61. The van der Waals surface area contributed by atoms with Gasteiger partial charge < -0.3 is 26.1 Å². The van der Waals surface area contributed by atoms with Crippen LogP contribution in [0.1, 0.15) is 19.7 Å². The third-order valence-electron chi connectivity index (χ3n) is 4.45. The molecule has 16 heteroatoms. The number of anilines is 1. The number of fused-ring (bicyclic) bond motifs is 1. The summed E-state index contributed by atoms with van der Waals surface area (Å²) in [6.45, 7) is 2.44. The van der Waals surface area contributed by atoms with Crippen molar-refractivity contribution in [2.75, 3.05) is 17.4 Å². The monoisotopic (exact) mass is 504 g/mol. The number of aromatic nitrogens is 2. The lowest BCUT2D eigenvalue weighted by Gasteiger charge is -2.49. The zero-order valence-electron chi connectivity index (χ0n) is 16.6. The first kappa shape index (κ1) is 23.7. The molecular formula is C16H17ClN6O7S2. The molecule has 5 N–H and O–H groups in total. The number of hydrogen-bond acceptors (Lipinski definition) is 11. The number of carboxylic acids is 2. The minimum absolute atomic E-state index is 0.0246. The zero-order chi connectivity index (χ0) is 23.8. The quantitative estimate of drug-likeness (QED) is 0.156. The summed E-state index contributed by atoms with van der Waals surface area (Å²) >= 11 is 7.81. The van der Waals surface area contributed by atoms with Crippen LogP contribution in [0.2, 0.25) is 0 Å². The van der Waals surface area contributed by atoms with E-state index in [0.717, 1.165) is 16.4 Å². The highest BCUT2D eigenvalue weighted by atomic mass is 35.5. The second-order valence-corrected chi connectivity index (χ2v) is 9.21. The van der Waals surface area contributed by atoms with Crippen LogP contribution in [0.4, 0.5) is 5.13 Å². The van der Waals surface area contributed by atoms with Gasteiger partial charge in [-0.15, -0.1) is 23.4 Å². The summed E-state index contributed by atoms with van der Waals surface area (Å²) in [6, 6.07) is -1.06. The van der Waals surface area contributed by atoms with Gasteiger partial charge >= 0.3 is 11.9 Å². The van der Waals surface area contributed by atoms with Crippen LogP contribution in [0.25, 0.3) is 0 Å². The summed E-state index contributed by atoms with van der Waals surface area (Å²) < 4.78 is 3.88. The molecule has 0 saturated carbocycles. The van der Waals surface area contributed by atoms with Gasteiger partial charge in [-0.2, -0.15) is 9.36 Å². The molecule has 3 rings (SSSR count). The predicted molar refractivity (Wildman–Crippen MR) is 114 cm³/mol. The Morgan fingerprint density at radius 3 is 2.62 bits per heavy atom. The van der Waals surface area contributed by atoms with E-state index in [0.29, 0.717) is 5.57 Å². The summed E-state index contributed by atoms with van der Waals surface area (Å²) in [6.07, 6.45) is 0. The number of nitrogens with two attached hydrogens (primary N) is 1. The predicted octanol–water partition coefficient (Wildman–Crippen LogP) is -0.318. The molecule has 0 aliphatic carbocycles. The molecule has 2 aliphatic rings. The van der Waals surface area contributed by atoms with Crippen molar-refractivity contribution in [1.82, 2.24) is 19.6 Å². The van der Waals surface area contributed by atoms with Gasteiger partial charge in [0.05, 0.1) is 0 Å². The molecule has 0 radical (unpaired) electrons. The molecule has 0 spiro atoms. The van der Waals surface area contributed by atoms with Crippen LogP contribution >= 0.6 is 34.9 Å². The van der Waals surface area contributed by atoms with Crippen molar-refractivity contribution in [2.24, 2.45) is 5.16 Å². The zero-order valence-corrected chi connectivity index (χ0v) is 19.0. The number of nitrogens with zero attached hydrogens (tertiary/aromatic N) is 4. The van der Waals surface area contributed by atoms with Crippen LogP contribution < -0.4 is 11.1 Å². The Morgan fingerprint density at radius 1 is 1.41 bits per heavy atom. The van der Waals surface area contributed by atoms with E-state index in [1.54, 1.807) is 0 Å². The molecule has 1 fully saturated rings. The number of β-lactam (4-membered cyclic amide) rings is 1. The fourth-order valence-electron chi connectivity index (χ4n) is 2.71. The van der Waals surface area contributed by atoms with E-state index in [9.17, 15) is 29.4 Å². The second kappa shape index (κ2) is 8.91. The molecule has 0 aromatic carbocycles. The Hall–Kier alpha value is -2.91. The normalized spacial score (nSPS) is 21.0. The summed E-state index contributed by atoms with van der Waals surface area (Å²) in [7, 11) is 0. The number of aliphatic carboxylic acids is 2. The SMILES string of the molecule is CC(C)(O/N=C(\C(=O)N[C@@H]1C(=O)N2C(C(=O)O)=C(CCl)CSC12)c1nsc(N)n1)C(=O)O. The van der Waals surface area contributed by atoms with Gasteiger partial charge in [0.1, 0.15) is 17.1 Å². The van der Waals surface area contributed by atoms with Gasteiger partial charge in [0.25, 0.3) is 11.8 Å². The van der Waals surface area contributed by atoms with Crippen molar-refractivity contribution in [3.8, 4) is 0 Å². The van der Waals surface area contributed by atoms with Crippen molar-refractivity contribution in [3.05, 3.63) is 17.1 Å².